The highest BCUT2D eigenvalue weighted by atomic mass is 79.9. The smallest absolute Gasteiger partial charge is 0.339 e. The van der Waals surface area contributed by atoms with E-state index in [0.29, 0.717) is 0 Å². The SMILES string of the molecule is COc1cc(Br)c(C(=O)O)c(F)c1Cl. The summed E-state index contributed by atoms with van der Waals surface area (Å²) in [5.74, 6) is -2.31. The molecule has 3 nitrogen and oxygen atoms in total. The third-order valence-electron chi connectivity index (χ3n) is 1.56. The maximum Gasteiger partial charge on any atom is 0.339 e. The van der Waals surface area contributed by atoms with Crippen LogP contribution in [0.3, 0.4) is 0 Å². The lowest BCUT2D eigenvalue weighted by atomic mass is 10.2. The molecule has 0 saturated carbocycles. The highest BCUT2D eigenvalue weighted by molar-refractivity contribution is 9.10. The standard InChI is InChI=1S/C8H5BrClFO3/c1-14-4-2-3(9)5(8(12)13)7(11)6(4)10/h2H,1H3,(H,12,13). The van der Waals surface area contributed by atoms with Crippen molar-refractivity contribution < 1.29 is 19.0 Å². The molecule has 14 heavy (non-hydrogen) atoms. The molecule has 0 aliphatic rings. The van der Waals surface area contributed by atoms with Crippen molar-refractivity contribution in [2.45, 2.75) is 0 Å². The summed E-state index contributed by atoms with van der Waals surface area (Å²) in [6, 6.07) is 1.30. The number of carboxylic acids is 1. The van der Waals surface area contributed by atoms with Crippen LogP contribution in [0.25, 0.3) is 0 Å². The number of carbonyl (C=O) groups is 1. The molecule has 0 radical (unpaired) electrons. The minimum atomic E-state index is -1.39. The Morgan fingerprint density at radius 1 is 1.71 bits per heavy atom. The van der Waals surface area contributed by atoms with E-state index in [9.17, 15) is 9.18 Å². The number of carboxylic acid groups (broad SMARTS) is 1. The minimum absolute atomic E-state index is 0.0843. The van der Waals surface area contributed by atoms with Crippen LogP contribution in [0.5, 0.6) is 5.75 Å². The van der Waals surface area contributed by atoms with Crippen LogP contribution in [-0.4, -0.2) is 18.2 Å². The molecule has 0 fully saturated rings. The molecule has 0 aliphatic heterocycles. The van der Waals surface area contributed by atoms with Gasteiger partial charge in [0.05, 0.1) is 7.11 Å². The fourth-order valence-corrected chi connectivity index (χ4v) is 1.70. The zero-order valence-corrected chi connectivity index (χ0v) is 9.32. The van der Waals surface area contributed by atoms with E-state index in [1.54, 1.807) is 0 Å². The van der Waals surface area contributed by atoms with Gasteiger partial charge < -0.3 is 9.84 Å². The van der Waals surface area contributed by atoms with Crippen molar-refractivity contribution in [3.05, 3.63) is 26.9 Å². The van der Waals surface area contributed by atoms with Crippen molar-refractivity contribution >= 4 is 33.5 Å². The summed E-state index contributed by atoms with van der Waals surface area (Å²) >= 11 is 8.44. The van der Waals surface area contributed by atoms with Crippen LogP contribution >= 0.6 is 27.5 Å². The summed E-state index contributed by atoms with van der Waals surface area (Å²) in [6.45, 7) is 0. The number of benzene rings is 1. The number of aromatic carboxylic acids is 1. The van der Waals surface area contributed by atoms with Crippen molar-refractivity contribution in [1.29, 1.82) is 0 Å². The maximum absolute atomic E-state index is 13.3. The van der Waals surface area contributed by atoms with E-state index in [4.69, 9.17) is 21.4 Å². The second-order valence-electron chi connectivity index (χ2n) is 2.37. The molecular weight excluding hydrogens is 278 g/mol. The molecule has 0 saturated heterocycles. The molecule has 0 unspecified atom stereocenters. The zero-order chi connectivity index (χ0) is 10.9. The zero-order valence-electron chi connectivity index (χ0n) is 6.97. The van der Waals surface area contributed by atoms with Gasteiger partial charge in [-0.05, 0) is 22.0 Å². The fourth-order valence-electron chi connectivity index (χ4n) is 0.918. The first kappa shape index (κ1) is 11.3. The van der Waals surface area contributed by atoms with Crippen LogP contribution in [0.2, 0.25) is 5.02 Å². The summed E-state index contributed by atoms with van der Waals surface area (Å²) in [5.41, 5.74) is -0.504. The Kier molecular flexibility index (Phi) is 3.34. The number of ether oxygens (including phenoxy) is 1. The summed E-state index contributed by atoms with van der Waals surface area (Å²) in [6.07, 6.45) is 0. The van der Waals surface area contributed by atoms with Crippen LogP contribution in [0.15, 0.2) is 10.5 Å². The van der Waals surface area contributed by atoms with E-state index in [-0.39, 0.29) is 15.2 Å². The van der Waals surface area contributed by atoms with Gasteiger partial charge in [-0.3, -0.25) is 0 Å². The fraction of sp³-hybridized carbons (Fsp3) is 0.125. The quantitative estimate of drug-likeness (QED) is 0.849. The van der Waals surface area contributed by atoms with Crippen LogP contribution in [0.4, 0.5) is 4.39 Å². The lowest BCUT2D eigenvalue weighted by Crippen LogP contribution is -2.03. The molecule has 0 aromatic heterocycles. The maximum atomic E-state index is 13.3. The third kappa shape index (κ3) is 1.83. The molecule has 1 N–H and O–H groups in total. The van der Waals surface area contributed by atoms with Crippen molar-refractivity contribution in [3.8, 4) is 5.75 Å². The lowest BCUT2D eigenvalue weighted by molar-refractivity contribution is 0.0691. The number of halogens is 3. The van der Waals surface area contributed by atoms with Gasteiger partial charge >= 0.3 is 5.97 Å². The molecule has 1 aromatic carbocycles. The molecule has 0 aliphatic carbocycles. The minimum Gasteiger partial charge on any atom is -0.495 e. The van der Waals surface area contributed by atoms with Gasteiger partial charge in [0, 0.05) is 4.47 Å². The van der Waals surface area contributed by atoms with Gasteiger partial charge in [0.1, 0.15) is 16.3 Å². The Hall–Kier alpha value is -0.810. The lowest BCUT2D eigenvalue weighted by Gasteiger charge is -2.07. The third-order valence-corrected chi connectivity index (χ3v) is 2.54. The van der Waals surface area contributed by atoms with Gasteiger partial charge in [-0.15, -0.1) is 0 Å². The Morgan fingerprint density at radius 3 is 2.71 bits per heavy atom. The largest absolute Gasteiger partial charge is 0.495 e. The van der Waals surface area contributed by atoms with Gasteiger partial charge in [0.2, 0.25) is 0 Å². The summed E-state index contributed by atoms with van der Waals surface area (Å²) in [4.78, 5) is 10.6. The Bertz CT molecular complexity index is 395. The van der Waals surface area contributed by atoms with Crippen molar-refractivity contribution in [2.24, 2.45) is 0 Å². The molecule has 0 bridgehead atoms. The predicted octanol–water partition coefficient (Wildman–Crippen LogP) is 2.95. The molecular formula is C8H5BrClFO3. The van der Waals surface area contributed by atoms with Crippen molar-refractivity contribution in [2.75, 3.05) is 7.11 Å². The molecule has 0 spiro atoms. The highest BCUT2D eigenvalue weighted by Gasteiger charge is 2.21. The van der Waals surface area contributed by atoms with Crippen LogP contribution < -0.4 is 4.74 Å². The van der Waals surface area contributed by atoms with Crippen LogP contribution in [0.1, 0.15) is 10.4 Å². The normalized spacial score (nSPS) is 10.0. The predicted molar refractivity (Wildman–Crippen MR) is 52.6 cm³/mol. The van der Waals surface area contributed by atoms with E-state index in [0.717, 1.165) is 0 Å². The Balaban J connectivity index is 3.49. The average molecular weight is 283 g/mol. The second-order valence-corrected chi connectivity index (χ2v) is 3.60. The molecule has 1 rings (SSSR count). The monoisotopic (exact) mass is 282 g/mol. The first-order valence-corrected chi connectivity index (χ1v) is 4.61. The van der Waals surface area contributed by atoms with Gasteiger partial charge in [0.15, 0.2) is 5.82 Å². The summed E-state index contributed by atoms with van der Waals surface area (Å²) < 4.78 is 18.2. The number of methoxy groups -OCH3 is 1. The van der Waals surface area contributed by atoms with Gasteiger partial charge in [0.25, 0.3) is 0 Å². The summed E-state index contributed by atoms with van der Waals surface area (Å²) in [7, 11) is 1.31. The van der Waals surface area contributed by atoms with Crippen LogP contribution in [-0.2, 0) is 0 Å². The summed E-state index contributed by atoms with van der Waals surface area (Å²) in [5, 5.41) is 8.33. The first-order valence-electron chi connectivity index (χ1n) is 3.43. The highest BCUT2D eigenvalue weighted by Crippen LogP contribution is 2.34. The average Bonchev–Trinajstić information content (AvgIpc) is 2.10. The van der Waals surface area contributed by atoms with Crippen molar-refractivity contribution in [1.82, 2.24) is 0 Å². The van der Waals surface area contributed by atoms with E-state index >= 15 is 0 Å². The molecule has 0 heterocycles. The molecule has 6 heteroatoms. The van der Waals surface area contributed by atoms with Crippen LogP contribution in [0, 0.1) is 5.82 Å². The molecule has 1 aromatic rings. The van der Waals surface area contributed by atoms with Gasteiger partial charge in [-0.25, -0.2) is 9.18 Å². The van der Waals surface area contributed by atoms with E-state index in [1.807, 2.05) is 0 Å². The molecule has 76 valence electrons. The Morgan fingerprint density at radius 2 is 2.29 bits per heavy atom. The molecule has 0 atom stereocenters. The van der Waals surface area contributed by atoms with E-state index < -0.39 is 17.3 Å². The Labute approximate surface area is 92.6 Å². The molecule has 0 amide bonds. The van der Waals surface area contributed by atoms with Gasteiger partial charge in [-0.2, -0.15) is 0 Å². The topological polar surface area (TPSA) is 46.5 Å². The number of rotatable bonds is 2. The number of hydrogen-bond acceptors (Lipinski definition) is 2. The van der Waals surface area contributed by atoms with Crippen molar-refractivity contribution in [3.63, 3.8) is 0 Å². The second kappa shape index (κ2) is 4.14. The number of hydrogen-bond donors (Lipinski definition) is 1. The van der Waals surface area contributed by atoms with E-state index in [2.05, 4.69) is 15.9 Å². The van der Waals surface area contributed by atoms with Gasteiger partial charge in [-0.1, -0.05) is 11.6 Å². The first-order chi connectivity index (χ1) is 6.49. The van der Waals surface area contributed by atoms with E-state index in [1.165, 1.54) is 13.2 Å².